The maximum atomic E-state index is 12.5. The molecule has 0 aliphatic rings. The molecule has 0 aliphatic heterocycles. The van der Waals surface area contributed by atoms with Crippen LogP contribution < -0.4 is 10.6 Å². The molecule has 7 heteroatoms. The van der Waals surface area contributed by atoms with Crippen molar-refractivity contribution >= 4 is 46.4 Å². The molecule has 0 saturated carbocycles. The molecule has 26 heavy (non-hydrogen) atoms. The molecule has 5 nitrogen and oxygen atoms in total. The molecule has 0 radical (unpaired) electrons. The third-order valence-corrected chi connectivity index (χ3v) is 4.27. The van der Waals surface area contributed by atoms with Gasteiger partial charge in [0.2, 0.25) is 5.95 Å². The Hall–Kier alpha value is -2.63. The van der Waals surface area contributed by atoms with E-state index in [0.717, 1.165) is 17.7 Å². The Morgan fingerprint density at radius 3 is 2.69 bits per heavy atom. The van der Waals surface area contributed by atoms with Crippen LogP contribution in [-0.2, 0) is 6.42 Å². The van der Waals surface area contributed by atoms with E-state index in [1.165, 1.54) is 12.3 Å². The second-order valence-corrected chi connectivity index (χ2v) is 6.32. The molecule has 3 aromatic rings. The number of amides is 1. The second-order valence-electron chi connectivity index (χ2n) is 5.48. The minimum Gasteiger partial charge on any atom is -0.324 e. The first-order valence-electron chi connectivity index (χ1n) is 8.01. The fourth-order valence-corrected chi connectivity index (χ4v) is 2.73. The van der Waals surface area contributed by atoms with Crippen LogP contribution in [0.3, 0.4) is 0 Å². The number of carbonyl (C=O) groups excluding carboxylic acids is 1. The summed E-state index contributed by atoms with van der Waals surface area (Å²) in [5.74, 6) is -0.0564. The lowest BCUT2D eigenvalue weighted by Gasteiger charge is -2.11. The zero-order chi connectivity index (χ0) is 18.5. The number of rotatable bonds is 5. The van der Waals surface area contributed by atoms with E-state index in [2.05, 4.69) is 27.5 Å². The number of hydrogen-bond donors (Lipinski definition) is 2. The summed E-state index contributed by atoms with van der Waals surface area (Å²) in [6.45, 7) is 2.07. The minimum absolute atomic E-state index is 0.215. The number of anilines is 3. The monoisotopic (exact) mass is 386 g/mol. The van der Waals surface area contributed by atoms with E-state index in [1.807, 2.05) is 24.3 Å². The Morgan fingerprint density at radius 2 is 1.88 bits per heavy atom. The van der Waals surface area contributed by atoms with E-state index < -0.39 is 5.91 Å². The highest BCUT2D eigenvalue weighted by Crippen LogP contribution is 2.26. The SMILES string of the molecule is CCc1ccccc1Nc1nccc(C(=O)Nc2cc(Cl)ccc2Cl)n1. The van der Waals surface area contributed by atoms with Gasteiger partial charge in [0.05, 0.1) is 10.7 Å². The van der Waals surface area contributed by atoms with Crippen LogP contribution in [0.25, 0.3) is 0 Å². The second kappa shape index (κ2) is 8.17. The number of aryl methyl sites for hydroxylation is 1. The number of para-hydroxylation sites is 1. The molecule has 0 atom stereocenters. The van der Waals surface area contributed by atoms with Crippen LogP contribution in [0.1, 0.15) is 23.0 Å². The summed E-state index contributed by atoms with van der Waals surface area (Å²) in [6, 6.07) is 14.3. The fourth-order valence-electron chi connectivity index (χ4n) is 2.40. The highest BCUT2D eigenvalue weighted by Gasteiger charge is 2.12. The van der Waals surface area contributed by atoms with Crippen molar-refractivity contribution in [1.29, 1.82) is 0 Å². The molecular formula is C19H16Cl2N4O. The number of carbonyl (C=O) groups is 1. The van der Waals surface area contributed by atoms with Gasteiger partial charge < -0.3 is 10.6 Å². The van der Waals surface area contributed by atoms with E-state index in [1.54, 1.807) is 18.2 Å². The standard InChI is InChI=1S/C19H16Cl2N4O/c1-2-12-5-3-4-6-15(12)24-19-22-10-9-16(25-19)18(26)23-17-11-13(20)7-8-14(17)21/h3-11H,2H2,1H3,(H,23,26)(H,22,24,25). The zero-order valence-electron chi connectivity index (χ0n) is 14.0. The summed E-state index contributed by atoms with van der Waals surface area (Å²) in [5.41, 5.74) is 2.68. The molecule has 0 bridgehead atoms. The van der Waals surface area contributed by atoms with Crippen molar-refractivity contribution in [3.63, 3.8) is 0 Å². The van der Waals surface area contributed by atoms with Gasteiger partial charge in [-0.25, -0.2) is 9.97 Å². The van der Waals surface area contributed by atoms with E-state index in [0.29, 0.717) is 21.7 Å². The highest BCUT2D eigenvalue weighted by molar-refractivity contribution is 6.35. The van der Waals surface area contributed by atoms with Crippen molar-refractivity contribution in [2.45, 2.75) is 13.3 Å². The number of halogens is 2. The smallest absolute Gasteiger partial charge is 0.274 e. The molecule has 132 valence electrons. The molecule has 1 aromatic heterocycles. The van der Waals surface area contributed by atoms with Gasteiger partial charge >= 0.3 is 0 Å². The van der Waals surface area contributed by atoms with E-state index in [9.17, 15) is 4.79 Å². The molecule has 0 spiro atoms. The molecule has 2 aromatic carbocycles. The largest absolute Gasteiger partial charge is 0.324 e. The molecule has 1 amide bonds. The number of aromatic nitrogens is 2. The van der Waals surface area contributed by atoms with E-state index >= 15 is 0 Å². The maximum Gasteiger partial charge on any atom is 0.274 e. The Kier molecular flexibility index (Phi) is 5.71. The van der Waals surface area contributed by atoms with Crippen molar-refractivity contribution in [2.24, 2.45) is 0 Å². The third-order valence-electron chi connectivity index (χ3n) is 3.71. The molecule has 0 saturated heterocycles. The molecule has 0 unspecified atom stereocenters. The van der Waals surface area contributed by atoms with Crippen LogP contribution in [0.5, 0.6) is 0 Å². The molecule has 2 N–H and O–H groups in total. The molecule has 0 aliphatic carbocycles. The van der Waals surface area contributed by atoms with E-state index in [4.69, 9.17) is 23.2 Å². The van der Waals surface area contributed by atoms with Crippen LogP contribution in [0, 0.1) is 0 Å². The normalized spacial score (nSPS) is 10.4. The Balaban J connectivity index is 1.80. The summed E-state index contributed by atoms with van der Waals surface area (Å²) in [7, 11) is 0. The Bertz CT molecular complexity index is 946. The van der Waals surface area contributed by atoms with Crippen molar-refractivity contribution < 1.29 is 4.79 Å². The minimum atomic E-state index is -0.400. The maximum absolute atomic E-state index is 12.5. The molecule has 3 rings (SSSR count). The van der Waals surface area contributed by atoms with Gasteiger partial charge in [0.15, 0.2) is 0 Å². The lowest BCUT2D eigenvalue weighted by atomic mass is 10.1. The first-order valence-corrected chi connectivity index (χ1v) is 8.77. The summed E-state index contributed by atoms with van der Waals surface area (Å²) in [5, 5.41) is 6.73. The van der Waals surface area contributed by atoms with E-state index in [-0.39, 0.29) is 5.69 Å². The fraction of sp³-hybridized carbons (Fsp3) is 0.105. The van der Waals surface area contributed by atoms with Gasteiger partial charge in [0.1, 0.15) is 5.69 Å². The number of nitrogens with zero attached hydrogens (tertiary/aromatic N) is 2. The lowest BCUT2D eigenvalue weighted by molar-refractivity contribution is 0.102. The quantitative estimate of drug-likeness (QED) is 0.620. The lowest BCUT2D eigenvalue weighted by Crippen LogP contribution is -2.15. The first kappa shape index (κ1) is 18.2. The third kappa shape index (κ3) is 4.31. The Labute approximate surface area is 161 Å². The summed E-state index contributed by atoms with van der Waals surface area (Å²) in [6.07, 6.45) is 2.40. The Morgan fingerprint density at radius 1 is 1.08 bits per heavy atom. The van der Waals surface area contributed by atoms with Gasteiger partial charge in [-0.2, -0.15) is 0 Å². The predicted molar refractivity (Wildman–Crippen MR) is 106 cm³/mol. The van der Waals surface area contributed by atoms with Crippen LogP contribution in [0.2, 0.25) is 10.0 Å². The average Bonchev–Trinajstić information content (AvgIpc) is 2.65. The van der Waals surface area contributed by atoms with Gasteiger partial charge in [-0.15, -0.1) is 0 Å². The number of hydrogen-bond acceptors (Lipinski definition) is 4. The topological polar surface area (TPSA) is 66.9 Å². The van der Waals surface area contributed by atoms with Crippen LogP contribution in [0.15, 0.2) is 54.7 Å². The summed E-state index contributed by atoms with van der Waals surface area (Å²) < 4.78 is 0. The number of nitrogens with one attached hydrogen (secondary N) is 2. The molecule has 1 heterocycles. The van der Waals surface area contributed by atoms with Crippen molar-refractivity contribution in [1.82, 2.24) is 9.97 Å². The molecule has 0 fully saturated rings. The van der Waals surface area contributed by atoms with Crippen molar-refractivity contribution in [3.05, 3.63) is 76.0 Å². The number of benzene rings is 2. The van der Waals surface area contributed by atoms with Crippen LogP contribution in [-0.4, -0.2) is 15.9 Å². The van der Waals surface area contributed by atoms with Gasteiger partial charge in [-0.3, -0.25) is 4.79 Å². The van der Waals surface area contributed by atoms with Crippen molar-refractivity contribution in [3.8, 4) is 0 Å². The van der Waals surface area contributed by atoms with Gasteiger partial charge in [0.25, 0.3) is 5.91 Å². The van der Waals surface area contributed by atoms with Gasteiger partial charge in [-0.05, 0) is 42.3 Å². The van der Waals surface area contributed by atoms with Crippen molar-refractivity contribution in [2.75, 3.05) is 10.6 Å². The van der Waals surface area contributed by atoms with Crippen LogP contribution in [0.4, 0.5) is 17.3 Å². The molecular weight excluding hydrogens is 371 g/mol. The first-order chi connectivity index (χ1) is 12.6. The van der Waals surface area contributed by atoms with Gasteiger partial charge in [0, 0.05) is 16.9 Å². The zero-order valence-corrected chi connectivity index (χ0v) is 15.5. The van der Waals surface area contributed by atoms with Crippen LogP contribution >= 0.6 is 23.2 Å². The highest BCUT2D eigenvalue weighted by atomic mass is 35.5. The predicted octanol–water partition coefficient (Wildman–Crippen LogP) is 5.34. The summed E-state index contributed by atoms with van der Waals surface area (Å²) >= 11 is 12.0. The van der Waals surface area contributed by atoms with Gasteiger partial charge in [-0.1, -0.05) is 48.3 Å². The average molecular weight is 387 g/mol. The summed E-state index contributed by atoms with van der Waals surface area (Å²) in [4.78, 5) is 20.9.